The molecule has 2 aromatic carbocycles. The lowest BCUT2D eigenvalue weighted by atomic mass is 10.1. The summed E-state index contributed by atoms with van der Waals surface area (Å²) in [6.45, 7) is 4.08. The van der Waals surface area contributed by atoms with Crippen molar-refractivity contribution in [1.29, 1.82) is 0 Å². The van der Waals surface area contributed by atoms with Gasteiger partial charge in [-0.15, -0.1) is 0 Å². The molecule has 0 atom stereocenters. The number of benzene rings is 2. The molecule has 2 N–H and O–H groups in total. The summed E-state index contributed by atoms with van der Waals surface area (Å²) in [7, 11) is 0. The molecule has 3 rings (SSSR count). The first-order chi connectivity index (χ1) is 13.4. The lowest BCUT2D eigenvalue weighted by molar-refractivity contribution is -0.119. The van der Waals surface area contributed by atoms with Crippen LogP contribution < -0.4 is 10.9 Å². The number of halogens is 1. The van der Waals surface area contributed by atoms with Gasteiger partial charge < -0.3 is 0 Å². The highest BCUT2D eigenvalue weighted by Gasteiger charge is 2.12. The molecule has 0 saturated carbocycles. The molecule has 144 valence electrons. The number of rotatable bonds is 5. The van der Waals surface area contributed by atoms with Crippen LogP contribution >= 0.6 is 23.4 Å². The third kappa shape index (κ3) is 4.94. The molecule has 8 heteroatoms. The van der Waals surface area contributed by atoms with E-state index in [1.807, 2.05) is 36.7 Å². The monoisotopic (exact) mass is 414 g/mol. The Bertz CT molecular complexity index is 1000. The molecule has 1 aromatic heterocycles. The highest BCUT2D eigenvalue weighted by Crippen LogP contribution is 2.23. The molecule has 0 bridgehead atoms. The second kappa shape index (κ2) is 8.95. The summed E-state index contributed by atoms with van der Waals surface area (Å²) in [4.78, 5) is 28.4. The molecule has 0 fully saturated rings. The van der Waals surface area contributed by atoms with Crippen LogP contribution in [0.5, 0.6) is 0 Å². The number of aryl methyl sites for hydroxylation is 2. The normalized spacial score (nSPS) is 10.5. The van der Waals surface area contributed by atoms with Gasteiger partial charge in [0.1, 0.15) is 0 Å². The Morgan fingerprint density at radius 3 is 2.57 bits per heavy atom. The largest absolute Gasteiger partial charge is 0.295 e. The summed E-state index contributed by atoms with van der Waals surface area (Å²) in [5.74, 6) is -0.627. The van der Waals surface area contributed by atoms with E-state index < -0.39 is 5.91 Å². The third-order valence-electron chi connectivity index (χ3n) is 3.97. The van der Waals surface area contributed by atoms with E-state index in [9.17, 15) is 9.59 Å². The maximum absolute atomic E-state index is 12.1. The number of imidazole rings is 1. The maximum atomic E-state index is 12.1. The molecular weight excluding hydrogens is 396 g/mol. The number of nitrogens with zero attached hydrogens (tertiary/aromatic N) is 2. The molecule has 0 unspecified atom stereocenters. The number of carbonyl (C=O) groups excluding carboxylic acids is 2. The minimum atomic E-state index is -0.410. The van der Waals surface area contributed by atoms with E-state index in [2.05, 4.69) is 21.9 Å². The smallest absolute Gasteiger partial charge is 0.269 e. The van der Waals surface area contributed by atoms with Crippen molar-refractivity contribution in [3.8, 4) is 5.69 Å². The van der Waals surface area contributed by atoms with E-state index in [4.69, 9.17) is 11.6 Å². The predicted molar refractivity (Wildman–Crippen MR) is 111 cm³/mol. The first-order valence-corrected chi connectivity index (χ1v) is 9.89. The van der Waals surface area contributed by atoms with Gasteiger partial charge in [0.25, 0.3) is 5.91 Å². The van der Waals surface area contributed by atoms with E-state index in [-0.39, 0.29) is 11.7 Å². The second-order valence-electron chi connectivity index (χ2n) is 6.17. The standard InChI is InChI=1S/C20H19ClN4O2S/c1-13-3-8-17(14(2)11-13)25-10-9-22-20(25)28-12-18(26)23-24-19(27)15-4-6-16(21)7-5-15/h3-11H,12H2,1-2H3,(H,23,26)(H,24,27). The van der Waals surface area contributed by atoms with Gasteiger partial charge in [-0.25, -0.2) is 4.98 Å². The molecule has 0 spiro atoms. The van der Waals surface area contributed by atoms with Crippen molar-refractivity contribution in [1.82, 2.24) is 20.4 Å². The molecule has 6 nitrogen and oxygen atoms in total. The van der Waals surface area contributed by atoms with Crippen molar-refractivity contribution >= 4 is 35.2 Å². The Morgan fingerprint density at radius 1 is 1.11 bits per heavy atom. The van der Waals surface area contributed by atoms with Crippen molar-refractivity contribution < 1.29 is 9.59 Å². The molecule has 3 aromatic rings. The number of nitrogens with one attached hydrogen (secondary N) is 2. The molecule has 0 aliphatic heterocycles. The van der Waals surface area contributed by atoms with Crippen LogP contribution in [-0.2, 0) is 4.79 Å². The number of amides is 2. The van der Waals surface area contributed by atoms with Crippen LogP contribution in [0.1, 0.15) is 21.5 Å². The van der Waals surface area contributed by atoms with Gasteiger partial charge in [-0.1, -0.05) is 41.1 Å². The number of hydrogen-bond donors (Lipinski definition) is 2. The lowest BCUT2D eigenvalue weighted by Gasteiger charge is -2.11. The first-order valence-electron chi connectivity index (χ1n) is 8.52. The molecular formula is C20H19ClN4O2S. The van der Waals surface area contributed by atoms with Crippen LogP contribution in [0.2, 0.25) is 5.02 Å². The minimum absolute atomic E-state index is 0.114. The van der Waals surface area contributed by atoms with Gasteiger partial charge in [0.15, 0.2) is 5.16 Å². The second-order valence-corrected chi connectivity index (χ2v) is 7.55. The molecule has 2 amide bonds. The molecule has 1 heterocycles. The summed E-state index contributed by atoms with van der Waals surface area (Å²) in [5, 5.41) is 1.24. The minimum Gasteiger partial charge on any atom is -0.295 e. The Morgan fingerprint density at radius 2 is 1.86 bits per heavy atom. The quantitative estimate of drug-likeness (QED) is 0.493. The summed E-state index contributed by atoms with van der Waals surface area (Å²) in [6, 6.07) is 12.6. The van der Waals surface area contributed by atoms with E-state index in [0.717, 1.165) is 11.3 Å². The van der Waals surface area contributed by atoms with Gasteiger partial charge in [-0.2, -0.15) is 0 Å². The fourth-order valence-corrected chi connectivity index (χ4v) is 3.51. The van der Waals surface area contributed by atoms with Gasteiger partial charge in [0.2, 0.25) is 5.91 Å². The number of thioether (sulfide) groups is 1. The summed E-state index contributed by atoms with van der Waals surface area (Å²) in [5.41, 5.74) is 8.53. The van der Waals surface area contributed by atoms with Crippen LogP contribution in [0.25, 0.3) is 5.69 Å². The van der Waals surface area contributed by atoms with Crippen LogP contribution in [0.3, 0.4) is 0 Å². The predicted octanol–water partition coefficient (Wildman–Crippen LogP) is 3.70. The zero-order chi connectivity index (χ0) is 20.1. The van der Waals surface area contributed by atoms with Crippen LogP contribution in [-0.4, -0.2) is 27.1 Å². The number of carbonyl (C=O) groups is 2. The zero-order valence-corrected chi connectivity index (χ0v) is 17.0. The molecule has 0 saturated heterocycles. The zero-order valence-electron chi connectivity index (χ0n) is 15.4. The Balaban J connectivity index is 1.56. The maximum Gasteiger partial charge on any atom is 0.269 e. The summed E-state index contributed by atoms with van der Waals surface area (Å²) in [6.07, 6.45) is 3.56. The number of aromatic nitrogens is 2. The highest BCUT2D eigenvalue weighted by molar-refractivity contribution is 7.99. The summed E-state index contributed by atoms with van der Waals surface area (Å²) < 4.78 is 1.94. The van der Waals surface area contributed by atoms with Crippen molar-refractivity contribution in [2.75, 3.05) is 5.75 Å². The van der Waals surface area contributed by atoms with Crippen LogP contribution in [0, 0.1) is 13.8 Å². The van der Waals surface area contributed by atoms with Crippen molar-refractivity contribution in [2.45, 2.75) is 19.0 Å². The SMILES string of the molecule is Cc1ccc(-n2ccnc2SCC(=O)NNC(=O)c2ccc(Cl)cc2)c(C)c1. The van der Waals surface area contributed by atoms with Crippen molar-refractivity contribution in [2.24, 2.45) is 0 Å². The van der Waals surface area contributed by atoms with E-state index in [1.54, 1.807) is 30.5 Å². The number of hydrogen-bond acceptors (Lipinski definition) is 4. The van der Waals surface area contributed by atoms with E-state index >= 15 is 0 Å². The highest BCUT2D eigenvalue weighted by atomic mass is 35.5. The number of hydrazine groups is 1. The van der Waals surface area contributed by atoms with Crippen LogP contribution in [0.4, 0.5) is 0 Å². The van der Waals surface area contributed by atoms with Gasteiger partial charge in [0.05, 0.1) is 11.4 Å². The molecule has 0 aliphatic carbocycles. The molecule has 0 radical (unpaired) electrons. The Kier molecular flexibility index (Phi) is 6.38. The lowest BCUT2D eigenvalue weighted by Crippen LogP contribution is -2.42. The van der Waals surface area contributed by atoms with Gasteiger partial charge in [-0.3, -0.25) is 25.0 Å². The third-order valence-corrected chi connectivity index (χ3v) is 5.19. The first kappa shape index (κ1) is 20.0. The van der Waals surface area contributed by atoms with E-state index in [0.29, 0.717) is 15.7 Å². The molecule has 0 aliphatic rings. The average molecular weight is 415 g/mol. The summed E-state index contributed by atoms with van der Waals surface area (Å²) >= 11 is 7.09. The van der Waals surface area contributed by atoms with Crippen LogP contribution in [0.15, 0.2) is 60.0 Å². The Labute approximate surface area is 172 Å². The molecule has 28 heavy (non-hydrogen) atoms. The van der Waals surface area contributed by atoms with Gasteiger partial charge >= 0.3 is 0 Å². The van der Waals surface area contributed by atoms with Crippen molar-refractivity contribution in [3.63, 3.8) is 0 Å². The van der Waals surface area contributed by atoms with Gasteiger partial charge in [-0.05, 0) is 49.7 Å². The Hall–Kier alpha value is -2.77. The van der Waals surface area contributed by atoms with Crippen molar-refractivity contribution in [3.05, 3.63) is 76.6 Å². The topological polar surface area (TPSA) is 76.0 Å². The average Bonchev–Trinajstić information content (AvgIpc) is 3.13. The fourth-order valence-electron chi connectivity index (χ4n) is 2.62. The van der Waals surface area contributed by atoms with Gasteiger partial charge in [0, 0.05) is 23.0 Å². The fraction of sp³-hybridized carbons (Fsp3) is 0.150. The van der Waals surface area contributed by atoms with E-state index in [1.165, 1.54) is 17.3 Å².